The van der Waals surface area contributed by atoms with E-state index in [0.717, 1.165) is 5.56 Å². The van der Waals surface area contributed by atoms with E-state index in [1.807, 2.05) is 0 Å². The molecule has 2 aliphatic rings. The highest BCUT2D eigenvalue weighted by molar-refractivity contribution is 5.75. The van der Waals surface area contributed by atoms with Crippen molar-refractivity contribution in [3.8, 4) is 17.2 Å². The van der Waals surface area contributed by atoms with Crippen LogP contribution in [0.1, 0.15) is 17.9 Å². The number of benzene rings is 1. The number of carbonyl (C=O) groups excluding carboxylic acids is 1. The van der Waals surface area contributed by atoms with Gasteiger partial charge in [-0.15, -0.1) is 0 Å². The highest BCUT2D eigenvalue weighted by Crippen LogP contribution is 2.50. The molecule has 0 bridgehead atoms. The molecule has 1 saturated heterocycles. The molecule has 0 aliphatic carbocycles. The van der Waals surface area contributed by atoms with Crippen LogP contribution in [0.15, 0.2) is 12.1 Å². The van der Waals surface area contributed by atoms with Gasteiger partial charge in [0.05, 0.1) is 26.6 Å². The molecule has 0 saturated carbocycles. The second-order valence-electron chi connectivity index (χ2n) is 4.03. The molecule has 0 spiro atoms. The quantitative estimate of drug-likeness (QED) is 0.727. The van der Waals surface area contributed by atoms with E-state index < -0.39 is 6.29 Å². The van der Waals surface area contributed by atoms with Crippen LogP contribution in [0.4, 0.5) is 0 Å². The standard InChI is InChI=1S/C12H12O5/c1-14-6-3-8(15-2)11-7-5-10(13)17-12(7)16-9(11)4-6/h3-4,7,12H,5H2,1-2H3/t7-,12-/m0/s1. The van der Waals surface area contributed by atoms with Crippen LogP contribution in [-0.4, -0.2) is 26.5 Å². The van der Waals surface area contributed by atoms with Gasteiger partial charge in [0, 0.05) is 17.7 Å². The summed E-state index contributed by atoms with van der Waals surface area (Å²) in [5, 5.41) is 0. The van der Waals surface area contributed by atoms with Crippen LogP contribution in [0.5, 0.6) is 17.2 Å². The lowest BCUT2D eigenvalue weighted by Crippen LogP contribution is -2.14. The van der Waals surface area contributed by atoms with Crippen LogP contribution < -0.4 is 14.2 Å². The number of hydrogen-bond donors (Lipinski definition) is 0. The number of fused-ring (bicyclic) bond motifs is 3. The largest absolute Gasteiger partial charge is 0.496 e. The van der Waals surface area contributed by atoms with Crippen molar-refractivity contribution in [1.82, 2.24) is 0 Å². The number of methoxy groups -OCH3 is 2. The van der Waals surface area contributed by atoms with Gasteiger partial charge in [-0.3, -0.25) is 4.79 Å². The number of ether oxygens (including phenoxy) is 4. The lowest BCUT2D eigenvalue weighted by molar-refractivity contribution is -0.150. The maximum Gasteiger partial charge on any atom is 0.309 e. The van der Waals surface area contributed by atoms with Gasteiger partial charge in [0.1, 0.15) is 17.2 Å². The Kier molecular flexibility index (Phi) is 2.14. The average Bonchev–Trinajstić information content (AvgIpc) is 2.82. The van der Waals surface area contributed by atoms with E-state index >= 15 is 0 Å². The van der Waals surface area contributed by atoms with Crippen molar-refractivity contribution < 1.29 is 23.7 Å². The summed E-state index contributed by atoms with van der Waals surface area (Å²) in [5.74, 6) is 1.70. The SMILES string of the molecule is COc1cc(OC)c2c(c1)O[C@H]1OC(=O)C[C@@H]21. The smallest absolute Gasteiger partial charge is 0.309 e. The molecule has 5 heteroatoms. The van der Waals surface area contributed by atoms with E-state index in [4.69, 9.17) is 18.9 Å². The van der Waals surface area contributed by atoms with Crippen molar-refractivity contribution in [2.24, 2.45) is 0 Å². The van der Waals surface area contributed by atoms with Crippen molar-refractivity contribution in [2.45, 2.75) is 18.6 Å². The van der Waals surface area contributed by atoms with Gasteiger partial charge in [-0.1, -0.05) is 0 Å². The zero-order valence-corrected chi connectivity index (χ0v) is 9.56. The molecule has 17 heavy (non-hydrogen) atoms. The second-order valence-corrected chi connectivity index (χ2v) is 4.03. The Morgan fingerprint density at radius 1 is 1.24 bits per heavy atom. The highest BCUT2D eigenvalue weighted by Gasteiger charge is 2.46. The van der Waals surface area contributed by atoms with Crippen molar-refractivity contribution >= 4 is 5.97 Å². The molecular formula is C12H12O5. The first-order chi connectivity index (χ1) is 8.22. The first-order valence-electron chi connectivity index (χ1n) is 5.35. The molecule has 90 valence electrons. The maximum absolute atomic E-state index is 11.2. The number of hydrogen-bond acceptors (Lipinski definition) is 5. The predicted molar refractivity (Wildman–Crippen MR) is 57.4 cm³/mol. The lowest BCUT2D eigenvalue weighted by Gasteiger charge is -2.10. The second kappa shape index (κ2) is 3.55. The molecule has 5 nitrogen and oxygen atoms in total. The molecule has 2 heterocycles. The molecule has 3 rings (SSSR count). The van der Waals surface area contributed by atoms with Crippen molar-refractivity contribution in [3.63, 3.8) is 0 Å². The average molecular weight is 236 g/mol. The topological polar surface area (TPSA) is 54.0 Å². The third-order valence-electron chi connectivity index (χ3n) is 3.11. The molecular weight excluding hydrogens is 224 g/mol. The summed E-state index contributed by atoms with van der Waals surface area (Å²) in [6.45, 7) is 0. The van der Waals surface area contributed by atoms with E-state index in [0.29, 0.717) is 23.7 Å². The monoisotopic (exact) mass is 236 g/mol. The third-order valence-corrected chi connectivity index (χ3v) is 3.11. The molecule has 1 aromatic rings. The molecule has 0 aromatic heterocycles. The van der Waals surface area contributed by atoms with E-state index in [1.54, 1.807) is 26.4 Å². The molecule has 0 unspecified atom stereocenters. The first kappa shape index (κ1) is 10.3. The molecule has 0 radical (unpaired) electrons. The predicted octanol–water partition coefficient (Wildman–Crippen LogP) is 1.45. The first-order valence-corrected chi connectivity index (χ1v) is 5.35. The fourth-order valence-corrected chi connectivity index (χ4v) is 2.33. The summed E-state index contributed by atoms with van der Waals surface area (Å²) in [7, 11) is 3.16. The summed E-state index contributed by atoms with van der Waals surface area (Å²) >= 11 is 0. The van der Waals surface area contributed by atoms with E-state index in [2.05, 4.69) is 0 Å². The highest BCUT2D eigenvalue weighted by atomic mass is 16.7. The van der Waals surface area contributed by atoms with Crippen molar-refractivity contribution in [2.75, 3.05) is 14.2 Å². The Labute approximate surface area is 98.2 Å². The Morgan fingerprint density at radius 3 is 2.76 bits per heavy atom. The summed E-state index contributed by atoms with van der Waals surface area (Å²) < 4.78 is 21.1. The Balaban J connectivity index is 2.08. The van der Waals surface area contributed by atoms with Crippen LogP contribution >= 0.6 is 0 Å². The van der Waals surface area contributed by atoms with Gasteiger partial charge in [0.2, 0.25) is 0 Å². The molecule has 2 atom stereocenters. The van der Waals surface area contributed by atoms with E-state index in [1.165, 1.54) is 0 Å². The zero-order chi connectivity index (χ0) is 12.0. The Morgan fingerprint density at radius 2 is 2.06 bits per heavy atom. The minimum atomic E-state index is -0.515. The van der Waals surface area contributed by atoms with Gasteiger partial charge in [0.15, 0.2) is 0 Å². The molecule has 0 N–H and O–H groups in total. The van der Waals surface area contributed by atoms with Gasteiger partial charge in [-0.05, 0) is 0 Å². The summed E-state index contributed by atoms with van der Waals surface area (Å²) in [6.07, 6.45) is -0.182. The van der Waals surface area contributed by atoms with Crippen molar-refractivity contribution in [3.05, 3.63) is 17.7 Å². The maximum atomic E-state index is 11.2. The van der Waals surface area contributed by atoms with E-state index in [-0.39, 0.29) is 11.9 Å². The van der Waals surface area contributed by atoms with Crippen LogP contribution in [0.3, 0.4) is 0 Å². The van der Waals surface area contributed by atoms with Crippen LogP contribution in [0, 0.1) is 0 Å². The Bertz CT molecular complexity index is 482. The van der Waals surface area contributed by atoms with Gasteiger partial charge < -0.3 is 18.9 Å². The molecule has 1 fully saturated rings. The molecule has 0 amide bonds. The fraction of sp³-hybridized carbons (Fsp3) is 0.417. The van der Waals surface area contributed by atoms with Gasteiger partial charge in [-0.25, -0.2) is 0 Å². The summed E-state index contributed by atoms with van der Waals surface area (Å²) in [6, 6.07) is 3.57. The minimum absolute atomic E-state index is 0.0710. The van der Waals surface area contributed by atoms with Gasteiger partial charge in [0.25, 0.3) is 6.29 Å². The Hall–Kier alpha value is -1.91. The number of esters is 1. The molecule has 2 aliphatic heterocycles. The number of rotatable bonds is 2. The van der Waals surface area contributed by atoms with Crippen LogP contribution in [0.2, 0.25) is 0 Å². The summed E-state index contributed by atoms with van der Waals surface area (Å²) in [5.41, 5.74) is 0.893. The van der Waals surface area contributed by atoms with E-state index in [9.17, 15) is 4.79 Å². The van der Waals surface area contributed by atoms with Gasteiger partial charge in [-0.2, -0.15) is 0 Å². The number of carbonyl (C=O) groups is 1. The summed E-state index contributed by atoms with van der Waals surface area (Å²) in [4.78, 5) is 11.2. The lowest BCUT2D eigenvalue weighted by atomic mass is 9.97. The van der Waals surface area contributed by atoms with Crippen molar-refractivity contribution in [1.29, 1.82) is 0 Å². The normalized spacial score (nSPS) is 24.7. The zero-order valence-electron chi connectivity index (χ0n) is 9.56. The van der Waals surface area contributed by atoms with Crippen LogP contribution in [0.25, 0.3) is 0 Å². The fourth-order valence-electron chi connectivity index (χ4n) is 2.33. The third kappa shape index (κ3) is 1.42. The van der Waals surface area contributed by atoms with Gasteiger partial charge >= 0.3 is 5.97 Å². The molecule has 1 aromatic carbocycles. The van der Waals surface area contributed by atoms with Crippen LogP contribution in [-0.2, 0) is 9.53 Å². The minimum Gasteiger partial charge on any atom is -0.496 e.